The minimum Gasteiger partial charge on any atom is -0.466 e. The Morgan fingerprint density at radius 2 is 2.09 bits per heavy atom. The molecule has 0 bridgehead atoms. The van der Waals surface area contributed by atoms with Gasteiger partial charge in [-0.2, -0.15) is 0 Å². The van der Waals surface area contributed by atoms with Gasteiger partial charge < -0.3 is 19.7 Å². The second kappa shape index (κ2) is 8.12. The van der Waals surface area contributed by atoms with E-state index in [0.29, 0.717) is 39.1 Å². The van der Waals surface area contributed by atoms with E-state index in [-0.39, 0.29) is 24.5 Å². The predicted molar refractivity (Wildman–Crippen MR) is 77.9 cm³/mol. The molecule has 0 radical (unpaired) electrons. The van der Waals surface area contributed by atoms with Crippen LogP contribution in [0.5, 0.6) is 0 Å². The summed E-state index contributed by atoms with van der Waals surface area (Å²) in [4.78, 5) is 37.3. The zero-order chi connectivity index (χ0) is 15.9. The van der Waals surface area contributed by atoms with Crippen molar-refractivity contribution >= 4 is 17.8 Å². The molecule has 0 spiro atoms. The van der Waals surface area contributed by atoms with Crippen LogP contribution >= 0.6 is 0 Å². The Morgan fingerprint density at radius 3 is 2.77 bits per heavy atom. The molecule has 1 N–H and O–H groups in total. The number of carbonyl (C=O) groups is 3. The van der Waals surface area contributed by atoms with E-state index in [1.54, 1.807) is 6.92 Å². The summed E-state index contributed by atoms with van der Waals surface area (Å²) >= 11 is 0. The number of rotatable bonds is 4. The topological polar surface area (TPSA) is 84.9 Å². The lowest BCUT2D eigenvalue weighted by atomic mass is 9.98. The lowest BCUT2D eigenvalue weighted by Crippen LogP contribution is -2.49. The van der Waals surface area contributed by atoms with Crippen LogP contribution in [0.15, 0.2) is 0 Å². The van der Waals surface area contributed by atoms with E-state index in [9.17, 15) is 14.4 Å². The van der Waals surface area contributed by atoms with Crippen molar-refractivity contribution in [3.05, 3.63) is 0 Å². The van der Waals surface area contributed by atoms with Crippen LogP contribution in [0.1, 0.15) is 32.6 Å². The van der Waals surface area contributed by atoms with Gasteiger partial charge in [-0.05, 0) is 32.6 Å². The third kappa shape index (κ3) is 4.43. The van der Waals surface area contributed by atoms with Gasteiger partial charge in [0.2, 0.25) is 0 Å². The van der Waals surface area contributed by atoms with Crippen LogP contribution < -0.4 is 5.32 Å². The smallest absolute Gasteiger partial charge is 0.311 e. The first-order valence-corrected chi connectivity index (χ1v) is 7.97. The molecular weight excluding hydrogens is 288 g/mol. The molecule has 7 heteroatoms. The van der Waals surface area contributed by atoms with Crippen LogP contribution in [0.25, 0.3) is 0 Å². The number of esters is 1. The summed E-state index contributed by atoms with van der Waals surface area (Å²) in [5, 5.41) is 2.62. The molecular formula is C15H24N2O5. The van der Waals surface area contributed by atoms with E-state index in [1.165, 1.54) is 4.90 Å². The largest absolute Gasteiger partial charge is 0.466 e. The first kappa shape index (κ1) is 16.7. The van der Waals surface area contributed by atoms with E-state index in [2.05, 4.69) is 5.32 Å². The Balaban J connectivity index is 1.79. The van der Waals surface area contributed by atoms with Crippen molar-refractivity contribution in [1.29, 1.82) is 0 Å². The molecule has 22 heavy (non-hydrogen) atoms. The van der Waals surface area contributed by atoms with Gasteiger partial charge in [-0.25, -0.2) is 0 Å². The quantitative estimate of drug-likeness (QED) is 0.587. The first-order valence-electron chi connectivity index (χ1n) is 7.97. The fourth-order valence-electron chi connectivity index (χ4n) is 2.85. The SMILES string of the molecule is CCOC(=O)C1CCCN(C(=O)C(=O)NCC2CCCO2)C1. The molecule has 0 aromatic rings. The second-order valence-electron chi connectivity index (χ2n) is 5.69. The fraction of sp³-hybridized carbons (Fsp3) is 0.800. The van der Waals surface area contributed by atoms with E-state index < -0.39 is 11.8 Å². The van der Waals surface area contributed by atoms with Gasteiger partial charge in [0, 0.05) is 26.2 Å². The molecule has 2 aliphatic heterocycles. The number of nitrogens with one attached hydrogen (secondary N) is 1. The number of ether oxygens (including phenoxy) is 2. The Morgan fingerprint density at radius 1 is 1.27 bits per heavy atom. The van der Waals surface area contributed by atoms with Crippen LogP contribution in [0.2, 0.25) is 0 Å². The summed E-state index contributed by atoms with van der Waals surface area (Å²) in [5.74, 6) is -1.82. The fourth-order valence-corrected chi connectivity index (χ4v) is 2.85. The Labute approximate surface area is 130 Å². The van der Waals surface area contributed by atoms with Crippen LogP contribution in [-0.2, 0) is 23.9 Å². The summed E-state index contributed by atoms with van der Waals surface area (Å²) < 4.78 is 10.4. The molecule has 2 unspecified atom stereocenters. The molecule has 0 saturated carbocycles. The number of carbonyl (C=O) groups excluding carboxylic acids is 3. The van der Waals surface area contributed by atoms with Gasteiger partial charge in [-0.1, -0.05) is 0 Å². The maximum atomic E-state index is 12.1. The summed E-state index contributed by atoms with van der Waals surface area (Å²) in [7, 11) is 0. The van der Waals surface area contributed by atoms with Gasteiger partial charge >= 0.3 is 17.8 Å². The van der Waals surface area contributed by atoms with Gasteiger partial charge in [0.1, 0.15) is 0 Å². The number of hydrogen-bond donors (Lipinski definition) is 1. The van der Waals surface area contributed by atoms with Crippen LogP contribution in [0.4, 0.5) is 0 Å². The van der Waals surface area contributed by atoms with Crippen molar-refractivity contribution in [2.45, 2.75) is 38.7 Å². The van der Waals surface area contributed by atoms with Gasteiger partial charge in [-0.15, -0.1) is 0 Å². The highest BCUT2D eigenvalue weighted by Gasteiger charge is 2.32. The van der Waals surface area contributed by atoms with Crippen molar-refractivity contribution in [2.75, 3.05) is 32.8 Å². The molecule has 0 aliphatic carbocycles. The van der Waals surface area contributed by atoms with Crippen molar-refractivity contribution in [2.24, 2.45) is 5.92 Å². The first-order chi connectivity index (χ1) is 10.6. The molecule has 2 rings (SSSR count). The molecule has 2 aliphatic rings. The number of piperidine rings is 1. The predicted octanol–water partition coefficient (Wildman–Crippen LogP) is 0.0833. The van der Waals surface area contributed by atoms with Gasteiger partial charge in [0.25, 0.3) is 0 Å². The molecule has 2 atom stereocenters. The molecule has 2 amide bonds. The van der Waals surface area contributed by atoms with Crippen molar-refractivity contribution in [3.63, 3.8) is 0 Å². The van der Waals surface area contributed by atoms with E-state index >= 15 is 0 Å². The lowest BCUT2D eigenvalue weighted by molar-refractivity contribution is -0.154. The van der Waals surface area contributed by atoms with E-state index in [0.717, 1.165) is 12.8 Å². The molecule has 2 fully saturated rings. The third-order valence-corrected chi connectivity index (χ3v) is 4.04. The molecule has 124 valence electrons. The number of hydrogen-bond acceptors (Lipinski definition) is 5. The van der Waals surface area contributed by atoms with Crippen LogP contribution in [0.3, 0.4) is 0 Å². The summed E-state index contributed by atoms with van der Waals surface area (Å²) in [5.41, 5.74) is 0. The van der Waals surface area contributed by atoms with Crippen LogP contribution in [-0.4, -0.2) is 61.6 Å². The standard InChI is InChI=1S/C15H24N2O5/c1-2-21-15(20)11-5-3-7-17(10-11)14(19)13(18)16-9-12-6-4-8-22-12/h11-12H,2-10H2,1H3,(H,16,18). The lowest BCUT2D eigenvalue weighted by Gasteiger charge is -2.31. The average molecular weight is 312 g/mol. The zero-order valence-electron chi connectivity index (χ0n) is 13.0. The van der Waals surface area contributed by atoms with Crippen LogP contribution in [0, 0.1) is 5.92 Å². The molecule has 7 nitrogen and oxygen atoms in total. The Hall–Kier alpha value is -1.63. The van der Waals surface area contributed by atoms with Gasteiger partial charge in [0.05, 0.1) is 18.6 Å². The van der Waals surface area contributed by atoms with Crippen molar-refractivity contribution in [3.8, 4) is 0 Å². The normalized spacial score (nSPS) is 24.9. The second-order valence-corrected chi connectivity index (χ2v) is 5.69. The summed E-state index contributed by atoms with van der Waals surface area (Å²) in [6, 6.07) is 0. The maximum Gasteiger partial charge on any atom is 0.311 e. The van der Waals surface area contributed by atoms with E-state index in [1.807, 2.05) is 0 Å². The maximum absolute atomic E-state index is 12.1. The minimum atomic E-state index is -0.625. The molecule has 0 aromatic carbocycles. The summed E-state index contributed by atoms with van der Waals surface area (Å²) in [6.45, 7) is 3.90. The minimum absolute atomic E-state index is 0.00499. The number of likely N-dealkylation sites (tertiary alicyclic amines) is 1. The number of amides is 2. The number of nitrogens with zero attached hydrogens (tertiary/aromatic N) is 1. The van der Waals surface area contributed by atoms with Crippen molar-refractivity contribution < 1.29 is 23.9 Å². The monoisotopic (exact) mass is 312 g/mol. The highest BCUT2D eigenvalue weighted by molar-refractivity contribution is 6.35. The van der Waals surface area contributed by atoms with Gasteiger partial charge in [-0.3, -0.25) is 14.4 Å². The highest BCUT2D eigenvalue weighted by atomic mass is 16.5. The zero-order valence-corrected chi connectivity index (χ0v) is 13.0. The van der Waals surface area contributed by atoms with E-state index in [4.69, 9.17) is 9.47 Å². The molecule has 2 saturated heterocycles. The van der Waals surface area contributed by atoms with Gasteiger partial charge in [0.15, 0.2) is 0 Å². The Bertz CT molecular complexity index is 420. The third-order valence-electron chi connectivity index (χ3n) is 4.04. The highest BCUT2D eigenvalue weighted by Crippen LogP contribution is 2.18. The molecule has 2 heterocycles. The molecule has 0 aromatic heterocycles. The summed E-state index contributed by atoms with van der Waals surface area (Å²) in [6.07, 6.45) is 3.30. The Kier molecular flexibility index (Phi) is 6.18. The van der Waals surface area contributed by atoms with Crippen molar-refractivity contribution in [1.82, 2.24) is 10.2 Å². The average Bonchev–Trinajstić information content (AvgIpc) is 3.05.